The molecule has 0 bridgehead atoms. The highest BCUT2D eigenvalue weighted by Crippen LogP contribution is 2.35. The quantitative estimate of drug-likeness (QED) is 0.449. The molecule has 0 aliphatic rings. The fourth-order valence-corrected chi connectivity index (χ4v) is 2.39. The third-order valence-electron chi connectivity index (χ3n) is 3.93. The number of benzene rings is 1. The second-order valence-electron chi connectivity index (χ2n) is 5.72. The second-order valence-corrected chi connectivity index (χ2v) is 5.72. The Hall–Kier alpha value is -3.74. The summed E-state index contributed by atoms with van der Waals surface area (Å²) in [5.41, 5.74) is -1.28. The molecule has 0 aliphatic carbocycles. The highest BCUT2D eigenvalue weighted by atomic mass is 16.6. The molecule has 0 aliphatic heterocycles. The van der Waals surface area contributed by atoms with Crippen LogP contribution in [0, 0.1) is 28.4 Å². The molecule has 1 heterocycles. The summed E-state index contributed by atoms with van der Waals surface area (Å²) in [5.74, 6) is -0.806. The molecule has 0 fully saturated rings. The van der Waals surface area contributed by atoms with Crippen LogP contribution in [0.4, 0.5) is 17.1 Å². The molecular weight excluding hydrogens is 354 g/mol. The largest absolute Gasteiger partial charge is 0.506 e. The normalized spacial score (nSPS) is 10.9. The van der Waals surface area contributed by atoms with Gasteiger partial charge in [0, 0.05) is 24.2 Å². The summed E-state index contributed by atoms with van der Waals surface area (Å²) >= 11 is 0. The molecule has 10 heteroatoms. The minimum atomic E-state index is -0.653. The van der Waals surface area contributed by atoms with Crippen LogP contribution in [0.1, 0.15) is 30.9 Å². The van der Waals surface area contributed by atoms with E-state index in [-0.39, 0.29) is 40.5 Å². The Bertz CT molecular complexity index is 1020. The number of unbranched alkanes of at least 4 members (excludes halogenated alkanes) is 1. The van der Waals surface area contributed by atoms with E-state index in [1.54, 1.807) is 6.07 Å². The number of phenolic OH excluding ortho intramolecular Hbond substituents is 1. The molecule has 0 radical (unpaired) electrons. The molecule has 10 nitrogen and oxygen atoms in total. The number of nitriles is 1. The Kier molecular flexibility index (Phi) is 5.87. The summed E-state index contributed by atoms with van der Waals surface area (Å²) in [6.45, 7) is 3.54. The second kappa shape index (κ2) is 8.09. The lowest BCUT2D eigenvalue weighted by atomic mass is 10.1. The van der Waals surface area contributed by atoms with Crippen LogP contribution in [0.25, 0.3) is 0 Å². The average molecular weight is 371 g/mol. The maximum Gasteiger partial charge on any atom is 0.271 e. The lowest BCUT2D eigenvalue weighted by molar-refractivity contribution is -0.384. The van der Waals surface area contributed by atoms with Crippen LogP contribution < -0.4 is 5.56 Å². The maximum absolute atomic E-state index is 12.3. The summed E-state index contributed by atoms with van der Waals surface area (Å²) in [7, 11) is 0. The molecule has 0 saturated carbocycles. The smallest absolute Gasteiger partial charge is 0.271 e. The number of aromatic hydroxyl groups is 2. The lowest BCUT2D eigenvalue weighted by Gasteiger charge is -2.12. The van der Waals surface area contributed by atoms with Crippen molar-refractivity contribution in [2.45, 2.75) is 33.2 Å². The number of aromatic nitrogens is 1. The highest BCUT2D eigenvalue weighted by Gasteiger charge is 2.19. The Morgan fingerprint density at radius 3 is 2.63 bits per heavy atom. The van der Waals surface area contributed by atoms with Gasteiger partial charge in [-0.05, 0) is 19.4 Å². The van der Waals surface area contributed by atoms with Crippen molar-refractivity contribution >= 4 is 17.1 Å². The Balaban J connectivity index is 2.61. The van der Waals surface area contributed by atoms with Gasteiger partial charge in [0.1, 0.15) is 23.1 Å². The lowest BCUT2D eigenvalue weighted by Crippen LogP contribution is -2.23. The Morgan fingerprint density at radius 1 is 1.33 bits per heavy atom. The number of phenols is 1. The first-order valence-corrected chi connectivity index (χ1v) is 8.07. The first-order chi connectivity index (χ1) is 12.8. The SMILES string of the molecule is CCCCn1c(O)c(N=Nc2cc([N+](=O)[O-])ccc2O)c(C)c(C#N)c1=O. The number of rotatable bonds is 6. The van der Waals surface area contributed by atoms with E-state index in [9.17, 15) is 30.4 Å². The maximum atomic E-state index is 12.3. The number of hydrogen-bond donors (Lipinski definition) is 2. The zero-order valence-electron chi connectivity index (χ0n) is 14.7. The van der Waals surface area contributed by atoms with E-state index in [1.165, 1.54) is 6.92 Å². The fourth-order valence-electron chi connectivity index (χ4n) is 2.39. The van der Waals surface area contributed by atoms with Crippen molar-refractivity contribution in [3.63, 3.8) is 0 Å². The van der Waals surface area contributed by atoms with Crippen LogP contribution in [0.2, 0.25) is 0 Å². The molecule has 2 rings (SSSR count). The van der Waals surface area contributed by atoms with Gasteiger partial charge in [0.2, 0.25) is 5.88 Å². The van der Waals surface area contributed by atoms with Crippen LogP contribution in [0.5, 0.6) is 11.6 Å². The third kappa shape index (κ3) is 3.92. The van der Waals surface area contributed by atoms with Gasteiger partial charge in [-0.25, -0.2) is 0 Å². The number of nitro groups is 1. The van der Waals surface area contributed by atoms with Gasteiger partial charge < -0.3 is 10.2 Å². The number of non-ortho nitro benzene ring substituents is 1. The predicted octanol–water partition coefficient (Wildman–Crippen LogP) is 3.56. The van der Waals surface area contributed by atoms with Crippen molar-refractivity contribution in [2.75, 3.05) is 0 Å². The van der Waals surface area contributed by atoms with Crippen molar-refractivity contribution in [3.05, 3.63) is 49.8 Å². The Morgan fingerprint density at radius 2 is 2.04 bits per heavy atom. The molecule has 0 unspecified atom stereocenters. The van der Waals surface area contributed by atoms with Crippen LogP contribution >= 0.6 is 0 Å². The summed E-state index contributed by atoms with van der Waals surface area (Å²) < 4.78 is 1.04. The van der Waals surface area contributed by atoms with Crippen molar-refractivity contribution in [3.8, 4) is 17.7 Å². The van der Waals surface area contributed by atoms with Crippen molar-refractivity contribution in [2.24, 2.45) is 10.2 Å². The molecular formula is C17H17N5O5. The number of hydrogen-bond acceptors (Lipinski definition) is 8. The topological polar surface area (TPSA) is 154 Å². The Labute approximate surface area is 153 Å². The van der Waals surface area contributed by atoms with Gasteiger partial charge in [0.15, 0.2) is 5.69 Å². The summed E-state index contributed by atoms with van der Waals surface area (Å²) in [6.07, 6.45) is 1.36. The van der Waals surface area contributed by atoms with E-state index < -0.39 is 16.4 Å². The molecule has 0 spiro atoms. The number of azo groups is 1. The van der Waals surface area contributed by atoms with Crippen LogP contribution in [0.15, 0.2) is 33.2 Å². The molecule has 2 aromatic rings. The number of nitrogens with zero attached hydrogens (tertiary/aromatic N) is 5. The van der Waals surface area contributed by atoms with E-state index in [0.717, 1.165) is 29.2 Å². The van der Waals surface area contributed by atoms with E-state index >= 15 is 0 Å². The minimum Gasteiger partial charge on any atom is -0.506 e. The first-order valence-electron chi connectivity index (χ1n) is 8.07. The van der Waals surface area contributed by atoms with Crippen molar-refractivity contribution in [1.29, 1.82) is 5.26 Å². The molecule has 0 amide bonds. The van der Waals surface area contributed by atoms with Crippen LogP contribution in [-0.2, 0) is 6.54 Å². The standard InChI is InChI=1S/C17H17N5O5/c1-3-4-7-21-16(24)12(9-18)10(2)15(17(21)25)20-19-13-8-11(22(26)27)5-6-14(13)23/h5-6,8,23,25H,3-4,7H2,1-2H3. The molecule has 2 N–H and O–H groups in total. The average Bonchev–Trinajstić information content (AvgIpc) is 2.63. The van der Waals surface area contributed by atoms with Gasteiger partial charge in [0.25, 0.3) is 11.2 Å². The van der Waals surface area contributed by atoms with Crippen molar-refractivity contribution < 1.29 is 15.1 Å². The molecule has 140 valence electrons. The van der Waals surface area contributed by atoms with Gasteiger partial charge in [-0.3, -0.25) is 19.5 Å². The summed E-state index contributed by atoms with van der Waals surface area (Å²) in [5, 5.41) is 47.9. The van der Waals surface area contributed by atoms with Gasteiger partial charge in [-0.1, -0.05) is 13.3 Å². The summed E-state index contributed by atoms with van der Waals surface area (Å²) in [6, 6.07) is 5.02. The summed E-state index contributed by atoms with van der Waals surface area (Å²) in [4.78, 5) is 22.5. The minimum absolute atomic E-state index is 0.117. The number of pyridine rings is 1. The fraction of sp³-hybridized carbons (Fsp3) is 0.294. The zero-order valence-corrected chi connectivity index (χ0v) is 14.7. The monoisotopic (exact) mass is 371 g/mol. The van der Waals surface area contributed by atoms with E-state index in [2.05, 4.69) is 10.2 Å². The van der Waals surface area contributed by atoms with E-state index in [1.807, 2.05) is 6.92 Å². The van der Waals surface area contributed by atoms with Crippen LogP contribution in [-0.4, -0.2) is 19.7 Å². The molecule has 1 aromatic heterocycles. The predicted molar refractivity (Wildman–Crippen MR) is 95.7 cm³/mol. The van der Waals surface area contributed by atoms with E-state index in [0.29, 0.717) is 6.42 Å². The van der Waals surface area contributed by atoms with Gasteiger partial charge >= 0.3 is 0 Å². The van der Waals surface area contributed by atoms with Gasteiger partial charge in [0.05, 0.1) is 4.92 Å². The molecule has 1 aromatic carbocycles. The van der Waals surface area contributed by atoms with Gasteiger partial charge in [-0.2, -0.15) is 5.26 Å². The van der Waals surface area contributed by atoms with Gasteiger partial charge in [-0.15, -0.1) is 10.2 Å². The van der Waals surface area contributed by atoms with E-state index in [4.69, 9.17) is 0 Å². The molecule has 0 atom stereocenters. The first kappa shape index (κ1) is 19.6. The molecule has 0 saturated heterocycles. The zero-order chi connectivity index (χ0) is 20.1. The highest BCUT2D eigenvalue weighted by molar-refractivity contribution is 5.61. The van der Waals surface area contributed by atoms with Crippen molar-refractivity contribution in [1.82, 2.24) is 4.57 Å². The number of nitro benzene ring substituents is 1. The van der Waals surface area contributed by atoms with Crippen LogP contribution in [0.3, 0.4) is 0 Å². The third-order valence-corrected chi connectivity index (χ3v) is 3.93. The molecule has 27 heavy (non-hydrogen) atoms.